The Labute approximate surface area is 349 Å². The van der Waals surface area contributed by atoms with Gasteiger partial charge in [-0.05, 0) is 84.6 Å². The first-order chi connectivity index (χ1) is 29.1. The Balaban J connectivity index is 1.18. The van der Waals surface area contributed by atoms with E-state index < -0.39 is 59.5 Å². The number of carboxylic acids is 2. The van der Waals surface area contributed by atoms with Crippen LogP contribution in [0.2, 0.25) is 0 Å². The van der Waals surface area contributed by atoms with Gasteiger partial charge in [-0.25, -0.2) is 0 Å². The molecule has 0 heterocycles. The largest absolute Gasteiger partial charge is 0.481 e. The minimum Gasteiger partial charge on any atom is -0.481 e. The van der Waals surface area contributed by atoms with Crippen LogP contribution in [-0.4, -0.2) is 43.8 Å². The van der Waals surface area contributed by atoms with Gasteiger partial charge >= 0.3 is 11.9 Å². The molecule has 0 aliphatic heterocycles. The highest BCUT2D eigenvalue weighted by atomic mass is 16.5. The molecule has 1 saturated carbocycles. The maximum atomic E-state index is 14.9. The van der Waals surface area contributed by atoms with Crippen LogP contribution in [0.15, 0.2) is 170 Å². The maximum Gasteiger partial charge on any atom is 0.308 e. The van der Waals surface area contributed by atoms with Gasteiger partial charge in [-0.15, -0.1) is 0 Å². The van der Waals surface area contributed by atoms with E-state index in [0.717, 1.165) is 22.3 Å². The molecule has 10 nitrogen and oxygen atoms in total. The molecular formula is C50H46N2O8. The molecule has 1 aliphatic carbocycles. The number of rotatable bonds is 16. The summed E-state index contributed by atoms with van der Waals surface area (Å²) in [5.41, 5.74) is 3.01. The van der Waals surface area contributed by atoms with Crippen LogP contribution in [0.5, 0.6) is 23.0 Å². The monoisotopic (exact) mass is 802 g/mol. The van der Waals surface area contributed by atoms with Gasteiger partial charge in [0.05, 0.1) is 35.8 Å². The van der Waals surface area contributed by atoms with Crippen molar-refractivity contribution in [3.8, 4) is 23.0 Å². The predicted molar refractivity (Wildman–Crippen MR) is 226 cm³/mol. The van der Waals surface area contributed by atoms with Crippen molar-refractivity contribution in [2.45, 2.75) is 39.0 Å². The number of carbonyl (C=O) groups is 4. The molecule has 2 amide bonds. The second kappa shape index (κ2) is 18.6. The second-order valence-electron chi connectivity index (χ2n) is 15.0. The van der Waals surface area contributed by atoms with Crippen LogP contribution in [0.25, 0.3) is 0 Å². The Hall–Kier alpha value is -7.20. The number of hydrogen-bond donors (Lipinski definition) is 2. The number of carboxylic acid groups (broad SMARTS) is 2. The van der Waals surface area contributed by atoms with E-state index >= 15 is 0 Å². The number of amides is 2. The highest BCUT2D eigenvalue weighted by Crippen LogP contribution is 2.50. The quantitative estimate of drug-likeness (QED) is 0.0989. The van der Waals surface area contributed by atoms with Crippen LogP contribution < -0.4 is 9.47 Å². The fourth-order valence-electron chi connectivity index (χ4n) is 7.96. The highest BCUT2D eigenvalue weighted by Gasteiger charge is 2.65. The summed E-state index contributed by atoms with van der Waals surface area (Å²) in [5, 5.41) is 21.5. The van der Waals surface area contributed by atoms with Gasteiger partial charge in [0.2, 0.25) is 11.8 Å². The summed E-state index contributed by atoms with van der Waals surface area (Å²) < 4.78 is 11.9. The highest BCUT2D eigenvalue weighted by molar-refractivity contribution is 6.00. The lowest BCUT2D eigenvalue weighted by atomic mass is 9.55. The molecule has 2 N–H and O–H groups in total. The topological polar surface area (TPSA) is 134 Å². The Bertz CT molecular complexity index is 2200. The Morgan fingerprint density at radius 1 is 0.433 bits per heavy atom. The van der Waals surface area contributed by atoms with E-state index in [-0.39, 0.29) is 13.1 Å². The van der Waals surface area contributed by atoms with Gasteiger partial charge in [0.15, 0.2) is 0 Å². The van der Waals surface area contributed by atoms with Crippen molar-refractivity contribution in [1.29, 1.82) is 0 Å². The summed E-state index contributed by atoms with van der Waals surface area (Å²) in [5.74, 6) is -7.84. The van der Waals surface area contributed by atoms with Crippen molar-refractivity contribution in [3.63, 3.8) is 0 Å². The summed E-state index contributed by atoms with van der Waals surface area (Å²) in [6, 6.07) is 50.4. The molecule has 2 atom stereocenters. The molecule has 0 unspecified atom stereocenters. The van der Waals surface area contributed by atoms with Crippen LogP contribution in [0, 0.1) is 23.7 Å². The molecule has 10 heteroatoms. The second-order valence-corrected chi connectivity index (χ2v) is 15.0. The van der Waals surface area contributed by atoms with Crippen LogP contribution in [0.3, 0.4) is 0 Å². The van der Waals surface area contributed by atoms with E-state index in [1.807, 2.05) is 159 Å². The van der Waals surface area contributed by atoms with E-state index in [0.29, 0.717) is 23.0 Å². The zero-order valence-electron chi connectivity index (χ0n) is 33.3. The first kappa shape index (κ1) is 41.0. The molecular weight excluding hydrogens is 757 g/mol. The lowest BCUT2D eigenvalue weighted by Crippen LogP contribution is -2.64. The molecule has 6 aromatic rings. The molecule has 6 aromatic carbocycles. The molecule has 304 valence electrons. The van der Waals surface area contributed by atoms with E-state index in [9.17, 15) is 29.4 Å². The summed E-state index contributed by atoms with van der Waals surface area (Å²) >= 11 is 0. The minimum atomic E-state index is -1.59. The molecule has 1 aliphatic rings. The molecule has 0 radical (unpaired) electrons. The van der Waals surface area contributed by atoms with Crippen LogP contribution in [-0.2, 0) is 32.3 Å². The molecule has 60 heavy (non-hydrogen) atoms. The minimum absolute atomic E-state index is 0.0510. The Morgan fingerprint density at radius 2 is 0.717 bits per heavy atom. The average Bonchev–Trinajstić information content (AvgIpc) is 3.26. The predicted octanol–water partition coefficient (Wildman–Crippen LogP) is 9.80. The molecule has 1 fully saturated rings. The van der Waals surface area contributed by atoms with Crippen molar-refractivity contribution in [3.05, 3.63) is 192 Å². The van der Waals surface area contributed by atoms with Crippen LogP contribution in [0.4, 0.5) is 0 Å². The third-order valence-electron chi connectivity index (χ3n) is 11.3. The first-order valence-corrected chi connectivity index (χ1v) is 19.9. The number of carbonyl (C=O) groups excluding carboxylic acids is 2. The molecule has 0 aromatic heterocycles. The fourth-order valence-corrected chi connectivity index (χ4v) is 7.96. The van der Waals surface area contributed by atoms with Gasteiger partial charge in [0.25, 0.3) is 0 Å². The summed E-state index contributed by atoms with van der Waals surface area (Å²) in [4.78, 5) is 59.2. The maximum absolute atomic E-state index is 14.9. The smallest absolute Gasteiger partial charge is 0.308 e. The molecule has 0 saturated heterocycles. The number of para-hydroxylation sites is 2. The third kappa shape index (κ3) is 9.23. The zero-order chi connectivity index (χ0) is 42.2. The third-order valence-corrected chi connectivity index (χ3v) is 11.3. The van der Waals surface area contributed by atoms with E-state index in [2.05, 4.69) is 0 Å². The van der Waals surface area contributed by atoms with Crippen LogP contribution >= 0.6 is 0 Å². The molecule has 0 spiro atoms. The molecule has 7 rings (SSSR count). The zero-order valence-corrected chi connectivity index (χ0v) is 33.3. The van der Waals surface area contributed by atoms with Gasteiger partial charge in [-0.1, -0.05) is 121 Å². The van der Waals surface area contributed by atoms with Gasteiger partial charge < -0.3 is 29.5 Å². The number of benzene rings is 6. The fraction of sp³-hybridized carbons (Fsp3) is 0.200. The normalized spacial score (nSPS) is 17.9. The number of nitrogens with zero attached hydrogens (tertiary/aromatic N) is 2. The number of ether oxygens (including phenoxy) is 2. The summed E-state index contributed by atoms with van der Waals surface area (Å²) in [6.45, 7) is 3.75. The molecule has 0 bridgehead atoms. The van der Waals surface area contributed by atoms with Crippen molar-refractivity contribution >= 4 is 23.8 Å². The van der Waals surface area contributed by atoms with Crippen molar-refractivity contribution in [1.82, 2.24) is 9.80 Å². The van der Waals surface area contributed by atoms with Gasteiger partial charge in [-0.2, -0.15) is 0 Å². The average molecular weight is 803 g/mol. The van der Waals surface area contributed by atoms with E-state index in [1.165, 1.54) is 9.80 Å². The lowest BCUT2D eigenvalue weighted by molar-refractivity contribution is -0.189. The summed E-state index contributed by atoms with van der Waals surface area (Å²) in [6.07, 6.45) is 0. The van der Waals surface area contributed by atoms with E-state index in [4.69, 9.17) is 9.47 Å². The van der Waals surface area contributed by atoms with Crippen molar-refractivity contribution in [2.24, 2.45) is 23.7 Å². The van der Waals surface area contributed by atoms with E-state index in [1.54, 1.807) is 24.3 Å². The lowest BCUT2D eigenvalue weighted by Gasteiger charge is -2.49. The summed E-state index contributed by atoms with van der Waals surface area (Å²) in [7, 11) is 0. The first-order valence-electron chi connectivity index (χ1n) is 19.9. The number of aliphatic carboxylic acids is 2. The van der Waals surface area contributed by atoms with Gasteiger partial charge in [0, 0.05) is 13.1 Å². The van der Waals surface area contributed by atoms with Crippen molar-refractivity contribution < 1.29 is 38.9 Å². The van der Waals surface area contributed by atoms with Crippen molar-refractivity contribution in [2.75, 3.05) is 0 Å². The number of hydrogen-bond acceptors (Lipinski definition) is 6. The van der Waals surface area contributed by atoms with Gasteiger partial charge in [0.1, 0.15) is 23.0 Å². The van der Waals surface area contributed by atoms with Gasteiger partial charge in [-0.3, -0.25) is 19.2 Å². The Kier molecular flexibility index (Phi) is 12.7. The Morgan fingerprint density at radius 3 is 1.02 bits per heavy atom. The standard InChI is InChI=1S/C50H46N2O8/c1-33(37-15-7-3-8-16-37)51(31-35-23-27-41(28-24-35)59-39-19-11-5-12-20-39)47(53)43-45(49(55)56)44(46(43)50(57)58)48(54)52(34(2)38-17-9-4-10-18-38)32-36-25-29-42(30-26-36)60-40-21-13-6-14-22-40/h3-30,33-34,43-46H,31-32H2,1-2H3,(H,55,56)(H,57,58)/t33-,34-,43-,44-,45-,46-/m0/s1. The van der Waals surface area contributed by atoms with Crippen LogP contribution in [0.1, 0.15) is 48.2 Å². The SMILES string of the molecule is C[C@@H](c1ccccc1)N(Cc1ccc(Oc2ccccc2)cc1)C(=O)[C@H]1[C@H](C(=O)O)[C@H](C(=O)N(Cc2ccc(Oc3ccccc3)cc2)[C@@H](C)c2ccccc2)[C@H]1C(=O)O.